The van der Waals surface area contributed by atoms with E-state index in [-0.39, 0.29) is 5.60 Å². The van der Waals surface area contributed by atoms with E-state index in [1.165, 1.54) is 51.4 Å². The summed E-state index contributed by atoms with van der Waals surface area (Å²) in [4.78, 5) is 0. The molecular formula is C17H33NO2. The van der Waals surface area contributed by atoms with Crippen molar-refractivity contribution in [2.45, 2.75) is 76.9 Å². The van der Waals surface area contributed by atoms with Crippen LogP contribution < -0.4 is 5.32 Å². The van der Waals surface area contributed by atoms with E-state index < -0.39 is 0 Å². The van der Waals surface area contributed by atoms with Gasteiger partial charge in [0.25, 0.3) is 0 Å². The van der Waals surface area contributed by atoms with Crippen LogP contribution in [0.3, 0.4) is 0 Å². The van der Waals surface area contributed by atoms with E-state index in [2.05, 4.69) is 19.2 Å². The van der Waals surface area contributed by atoms with Crippen molar-refractivity contribution in [3.8, 4) is 0 Å². The Bertz CT molecular complexity index is 266. The van der Waals surface area contributed by atoms with Crippen LogP contribution in [-0.2, 0) is 9.47 Å². The van der Waals surface area contributed by atoms with Crippen LogP contribution in [0, 0.1) is 5.92 Å². The van der Waals surface area contributed by atoms with Gasteiger partial charge in [-0.2, -0.15) is 0 Å². The lowest BCUT2D eigenvalue weighted by molar-refractivity contribution is -0.147. The molecule has 1 spiro atoms. The van der Waals surface area contributed by atoms with E-state index in [1.54, 1.807) is 0 Å². The molecule has 1 heterocycles. The van der Waals surface area contributed by atoms with Gasteiger partial charge in [-0.05, 0) is 70.8 Å². The smallest absolute Gasteiger partial charge is 0.0685 e. The van der Waals surface area contributed by atoms with Gasteiger partial charge in [0, 0.05) is 25.9 Å². The summed E-state index contributed by atoms with van der Waals surface area (Å²) in [7, 11) is 0. The normalized spacial score (nSPS) is 26.4. The molecule has 3 heteroatoms. The molecule has 1 aliphatic heterocycles. The maximum Gasteiger partial charge on any atom is 0.0685 e. The maximum atomic E-state index is 6.08. The third-order valence-electron chi connectivity index (χ3n) is 5.03. The summed E-state index contributed by atoms with van der Waals surface area (Å²) >= 11 is 0. The molecule has 2 atom stereocenters. The molecule has 0 aromatic heterocycles. The molecule has 0 aromatic carbocycles. The first-order valence-electron chi connectivity index (χ1n) is 8.75. The maximum absolute atomic E-state index is 6.08. The van der Waals surface area contributed by atoms with Crippen molar-refractivity contribution in [1.29, 1.82) is 0 Å². The Morgan fingerprint density at radius 1 is 1.35 bits per heavy atom. The molecule has 2 unspecified atom stereocenters. The fourth-order valence-corrected chi connectivity index (χ4v) is 3.71. The number of nitrogens with one attached hydrogen (secondary N) is 1. The molecule has 118 valence electrons. The highest BCUT2D eigenvalue weighted by Gasteiger charge is 2.43. The third kappa shape index (κ3) is 4.44. The Morgan fingerprint density at radius 2 is 2.20 bits per heavy atom. The van der Waals surface area contributed by atoms with E-state index in [9.17, 15) is 0 Å². The van der Waals surface area contributed by atoms with Gasteiger partial charge < -0.3 is 14.8 Å². The quantitative estimate of drug-likeness (QED) is 0.657. The minimum absolute atomic E-state index is 0.273. The van der Waals surface area contributed by atoms with Gasteiger partial charge in [0.2, 0.25) is 0 Å². The lowest BCUT2D eigenvalue weighted by Crippen LogP contribution is -2.50. The second-order valence-corrected chi connectivity index (χ2v) is 6.54. The molecule has 2 aliphatic rings. The van der Waals surface area contributed by atoms with E-state index in [0.717, 1.165) is 32.3 Å². The van der Waals surface area contributed by atoms with Crippen molar-refractivity contribution < 1.29 is 9.47 Å². The number of hydrogen-bond donors (Lipinski definition) is 1. The summed E-state index contributed by atoms with van der Waals surface area (Å²) in [5.41, 5.74) is 0.273. The van der Waals surface area contributed by atoms with Crippen molar-refractivity contribution in [3.05, 3.63) is 0 Å². The molecule has 1 saturated carbocycles. The van der Waals surface area contributed by atoms with Crippen LogP contribution in [-0.4, -0.2) is 38.0 Å². The van der Waals surface area contributed by atoms with Crippen LogP contribution in [0.1, 0.15) is 65.2 Å². The molecule has 3 nitrogen and oxygen atoms in total. The van der Waals surface area contributed by atoms with Gasteiger partial charge in [0.1, 0.15) is 0 Å². The molecule has 1 N–H and O–H groups in total. The van der Waals surface area contributed by atoms with Crippen LogP contribution in [0.5, 0.6) is 0 Å². The molecule has 2 fully saturated rings. The Morgan fingerprint density at radius 3 is 2.85 bits per heavy atom. The minimum Gasteiger partial charge on any atom is -0.382 e. The van der Waals surface area contributed by atoms with Gasteiger partial charge in [-0.1, -0.05) is 6.92 Å². The van der Waals surface area contributed by atoms with Crippen molar-refractivity contribution >= 4 is 0 Å². The summed E-state index contributed by atoms with van der Waals surface area (Å²) in [6.45, 7) is 8.19. The molecule has 0 bridgehead atoms. The molecular weight excluding hydrogens is 250 g/mol. The van der Waals surface area contributed by atoms with E-state index in [0.29, 0.717) is 6.04 Å². The Kier molecular flexibility index (Phi) is 6.79. The standard InChI is InChI=1S/C17H33NO2/c1-3-11-18-16(7-5-12-19-4-2)15-8-13-20-17(14-15)9-6-10-17/h15-16,18H,3-14H2,1-2H3. The van der Waals surface area contributed by atoms with Crippen LogP contribution in [0.2, 0.25) is 0 Å². The summed E-state index contributed by atoms with van der Waals surface area (Å²) < 4.78 is 11.6. The van der Waals surface area contributed by atoms with Gasteiger partial charge >= 0.3 is 0 Å². The second kappa shape index (κ2) is 8.35. The zero-order valence-corrected chi connectivity index (χ0v) is 13.5. The number of hydrogen-bond acceptors (Lipinski definition) is 3. The second-order valence-electron chi connectivity index (χ2n) is 6.54. The predicted octanol–water partition coefficient (Wildman–Crippen LogP) is 3.52. The first-order valence-corrected chi connectivity index (χ1v) is 8.75. The largest absolute Gasteiger partial charge is 0.382 e. The number of ether oxygens (including phenoxy) is 2. The molecule has 0 radical (unpaired) electrons. The lowest BCUT2D eigenvalue weighted by atomic mass is 9.70. The van der Waals surface area contributed by atoms with Crippen molar-refractivity contribution in [3.63, 3.8) is 0 Å². The van der Waals surface area contributed by atoms with E-state index in [1.807, 2.05) is 0 Å². The molecule has 0 amide bonds. The van der Waals surface area contributed by atoms with Crippen molar-refractivity contribution in [2.24, 2.45) is 5.92 Å². The fourth-order valence-electron chi connectivity index (χ4n) is 3.71. The Labute approximate surface area is 124 Å². The third-order valence-corrected chi connectivity index (χ3v) is 5.03. The Hall–Kier alpha value is -0.120. The minimum atomic E-state index is 0.273. The van der Waals surface area contributed by atoms with E-state index >= 15 is 0 Å². The van der Waals surface area contributed by atoms with Crippen LogP contribution >= 0.6 is 0 Å². The van der Waals surface area contributed by atoms with Crippen LogP contribution in [0.25, 0.3) is 0 Å². The topological polar surface area (TPSA) is 30.5 Å². The number of rotatable bonds is 9. The fraction of sp³-hybridized carbons (Fsp3) is 1.00. The first-order chi connectivity index (χ1) is 9.79. The summed E-state index contributed by atoms with van der Waals surface area (Å²) in [5, 5.41) is 3.79. The highest BCUT2D eigenvalue weighted by Crippen LogP contribution is 2.45. The Balaban J connectivity index is 1.80. The van der Waals surface area contributed by atoms with Crippen molar-refractivity contribution in [2.75, 3.05) is 26.4 Å². The molecule has 0 aromatic rings. The van der Waals surface area contributed by atoms with Gasteiger partial charge in [-0.3, -0.25) is 0 Å². The zero-order valence-electron chi connectivity index (χ0n) is 13.5. The summed E-state index contributed by atoms with van der Waals surface area (Å²) in [5.74, 6) is 0.803. The lowest BCUT2D eigenvalue weighted by Gasteiger charge is -2.49. The van der Waals surface area contributed by atoms with Crippen molar-refractivity contribution in [1.82, 2.24) is 5.32 Å². The van der Waals surface area contributed by atoms with Crippen LogP contribution in [0.15, 0.2) is 0 Å². The molecule has 20 heavy (non-hydrogen) atoms. The molecule has 1 aliphatic carbocycles. The van der Waals surface area contributed by atoms with Gasteiger partial charge in [0.15, 0.2) is 0 Å². The summed E-state index contributed by atoms with van der Waals surface area (Å²) in [6.07, 6.45) is 10.1. The predicted molar refractivity (Wildman–Crippen MR) is 83.1 cm³/mol. The van der Waals surface area contributed by atoms with Crippen LogP contribution in [0.4, 0.5) is 0 Å². The average Bonchev–Trinajstić information content (AvgIpc) is 2.45. The van der Waals surface area contributed by atoms with Gasteiger partial charge in [0.05, 0.1) is 5.60 Å². The van der Waals surface area contributed by atoms with Gasteiger partial charge in [-0.25, -0.2) is 0 Å². The zero-order chi connectivity index (χ0) is 14.3. The van der Waals surface area contributed by atoms with E-state index in [4.69, 9.17) is 9.47 Å². The highest BCUT2D eigenvalue weighted by atomic mass is 16.5. The summed E-state index contributed by atoms with van der Waals surface area (Å²) in [6, 6.07) is 0.664. The SMILES string of the molecule is CCCNC(CCCOCC)C1CCOC2(CCC2)C1. The molecule has 2 rings (SSSR count). The first kappa shape index (κ1) is 16.3. The monoisotopic (exact) mass is 283 g/mol. The van der Waals surface area contributed by atoms with Gasteiger partial charge in [-0.15, -0.1) is 0 Å². The average molecular weight is 283 g/mol. The molecule has 1 saturated heterocycles. The highest BCUT2D eigenvalue weighted by molar-refractivity contribution is 4.96.